The number of benzene rings is 3. The number of anilines is 1. The van der Waals surface area contributed by atoms with Crippen molar-refractivity contribution in [3.8, 4) is 11.5 Å². The Morgan fingerprint density at radius 3 is 2.21 bits per heavy atom. The van der Waals surface area contributed by atoms with E-state index in [1.807, 2.05) is 18.2 Å². The van der Waals surface area contributed by atoms with Gasteiger partial charge in [-0.3, -0.25) is 14.0 Å². The van der Waals surface area contributed by atoms with Gasteiger partial charge in [0.05, 0.1) is 24.8 Å². The Morgan fingerprint density at radius 1 is 0.868 bits per heavy atom. The van der Waals surface area contributed by atoms with Crippen LogP contribution in [0, 0.1) is 0 Å². The van der Waals surface area contributed by atoms with Crippen LogP contribution in [0.5, 0.6) is 11.5 Å². The maximum Gasteiger partial charge on any atom is 0.264 e. The molecule has 0 radical (unpaired) electrons. The minimum Gasteiger partial charge on any atom is -0.497 e. The number of nitrogens with zero attached hydrogens (tertiary/aromatic N) is 2. The molecule has 1 fully saturated rings. The van der Waals surface area contributed by atoms with Crippen LogP contribution in [-0.2, 0) is 27.9 Å². The summed E-state index contributed by atoms with van der Waals surface area (Å²) in [6, 6.07) is 20.9. The van der Waals surface area contributed by atoms with E-state index in [2.05, 4.69) is 16.3 Å². The summed E-state index contributed by atoms with van der Waals surface area (Å²) in [6.07, 6.45) is 3.69. The predicted octanol–water partition coefficient (Wildman–Crippen LogP) is 4.20. The highest BCUT2D eigenvalue weighted by Gasteiger charge is 2.29. The number of hydrogen-bond acceptors (Lipinski definition) is 6. The minimum absolute atomic E-state index is 0.0453. The molecule has 1 N–H and O–H groups in total. The van der Waals surface area contributed by atoms with Crippen LogP contribution in [0.4, 0.5) is 5.69 Å². The van der Waals surface area contributed by atoms with E-state index in [4.69, 9.17) is 9.47 Å². The second-order valence-electron chi connectivity index (χ2n) is 9.24. The third kappa shape index (κ3) is 6.65. The smallest absolute Gasteiger partial charge is 0.264 e. The molecule has 8 nitrogen and oxygen atoms in total. The Labute approximate surface area is 225 Å². The summed E-state index contributed by atoms with van der Waals surface area (Å²) < 4.78 is 39.1. The highest BCUT2D eigenvalue weighted by Crippen LogP contribution is 2.32. The average Bonchev–Trinajstić information content (AvgIpc) is 2.96. The zero-order valence-corrected chi connectivity index (χ0v) is 22.7. The van der Waals surface area contributed by atoms with Crippen LogP contribution in [0.25, 0.3) is 0 Å². The van der Waals surface area contributed by atoms with Crippen molar-refractivity contribution >= 4 is 21.6 Å². The molecule has 1 amide bonds. The largest absolute Gasteiger partial charge is 0.497 e. The number of methoxy groups -OCH3 is 2. The summed E-state index contributed by atoms with van der Waals surface area (Å²) in [5.74, 6) is 0.471. The number of para-hydroxylation sites is 2. The fourth-order valence-corrected chi connectivity index (χ4v) is 6.06. The lowest BCUT2D eigenvalue weighted by atomic mass is 10.0. The Morgan fingerprint density at radius 2 is 1.53 bits per heavy atom. The van der Waals surface area contributed by atoms with Crippen LogP contribution in [-0.4, -0.2) is 53.1 Å². The topological polar surface area (TPSA) is 88.2 Å². The molecule has 3 aromatic rings. The van der Waals surface area contributed by atoms with E-state index in [-0.39, 0.29) is 10.6 Å². The highest BCUT2D eigenvalue weighted by molar-refractivity contribution is 7.92. The normalized spacial score (nSPS) is 14.1. The van der Waals surface area contributed by atoms with Crippen molar-refractivity contribution in [1.82, 2.24) is 10.2 Å². The third-order valence-electron chi connectivity index (χ3n) is 6.73. The van der Waals surface area contributed by atoms with Crippen molar-refractivity contribution in [2.45, 2.75) is 37.2 Å². The van der Waals surface area contributed by atoms with E-state index in [1.54, 1.807) is 36.4 Å². The first-order chi connectivity index (χ1) is 18.4. The molecular weight excluding hydrogens is 502 g/mol. The number of likely N-dealkylation sites (tertiary alicyclic amines) is 1. The molecule has 4 rings (SSSR count). The van der Waals surface area contributed by atoms with Gasteiger partial charge in [-0.05, 0) is 73.5 Å². The number of hydrogen-bond donors (Lipinski definition) is 1. The van der Waals surface area contributed by atoms with Crippen LogP contribution in [0.2, 0.25) is 0 Å². The van der Waals surface area contributed by atoms with Crippen LogP contribution in [0.15, 0.2) is 77.7 Å². The monoisotopic (exact) mass is 537 g/mol. The number of carbonyl (C=O) groups excluding carboxylic acids is 1. The number of rotatable bonds is 11. The second kappa shape index (κ2) is 12.8. The molecule has 1 aliphatic rings. The fraction of sp³-hybridized carbons (Fsp3) is 0.345. The van der Waals surface area contributed by atoms with Gasteiger partial charge in [0.25, 0.3) is 10.0 Å². The molecule has 0 atom stereocenters. The van der Waals surface area contributed by atoms with E-state index < -0.39 is 22.5 Å². The van der Waals surface area contributed by atoms with E-state index in [9.17, 15) is 13.2 Å². The molecule has 9 heteroatoms. The Bertz CT molecular complexity index is 1320. The van der Waals surface area contributed by atoms with Gasteiger partial charge in [-0.15, -0.1) is 0 Å². The first kappa shape index (κ1) is 27.5. The van der Waals surface area contributed by atoms with Gasteiger partial charge in [-0.2, -0.15) is 0 Å². The molecule has 38 heavy (non-hydrogen) atoms. The van der Waals surface area contributed by atoms with Gasteiger partial charge in [0.1, 0.15) is 18.0 Å². The maximum absolute atomic E-state index is 13.7. The van der Waals surface area contributed by atoms with Gasteiger partial charge in [0, 0.05) is 13.1 Å². The summed E-state index contributed by atoms with van der Waals surface area (Å²) in [4.78, 5) is 15.7. The minimum atomic E-state index is -4.09. The van der Waals surface area contributed by atoms with Crippen LogP contribution in [0.3, 0.4) is 0 Å². The highest BCUT2D eigenvalue weighted by atomic mass is 32.2. The zero-order chi connectivity index (χ0) is 27.0. The van der Waals surface area contributed by atoms with Gasteiger partial charge in [-0.25, -0.2) is 8.42 Å². The zero-order valence-electron chi connectivity index (χ0n) is 21.9. The van der Waals surface area contributed by atoms with Gasteiger partial charge in [-0.1, -0.05) is 42.8 Å². The summed E-state index contributed by atoms with van der Waals surface area (Å²) in [5.41, 5.74) is 2.47. The lowest BCUT2D eigenvalue weighted by Gasteiger charge is -2.27. The molecular formula is C29H35N3O5S. The molecule has 202 valence electrons. The van der Waals surface area contributed by atoms with Crippen LogP contribution in [0.1, 0.15) is 30.4 Å². The van der Waals surface area contributed by atoms with E-state index in [0.717, 1.165) is 29.5 Å². The third-order valence-corrected chi connectivity index (χ3v) is 8.50. The quantitative estimate of drug-likeness (QED) is 0.395. The summed E-state index contributed by atoms with van der Waals surface area (Å²) >= 11 is 0. The van der Waals surface area contributed by atoms with Crippen molar-refractivity contribution in [2.24, 2.45) is 0 Å². The first-order valence-electron chi connectivity index (χ1n) is 12.8. The predicted molar refractivity (Wildman–Crippen MR) is 148 cm³/mol. The molecule has 0 saturated carbocycles. The maximum atomic E-state index is 13.7. The number of amides is 1. The van der Waals surface area contributed by atoms with Crippen molar-refractivity contribution in [3.63, 3.8) is 0 Å². The van der Waals surface area contributed by atoms with Gasteiger partial charge in [0.2, 0.25) is 5.91 Å². The molecule has 1 saturated heterocycles. The lowest BCUT2D eigenvalue weighted by Crippen LogP contribution is -2.41. The number of piperidine rings is 1. The van der Waals surface area contributed by atoms with Crippen molar-refractivity contribution < 1.29 is 22.7 Å². The Hall–Kier alpha value is -3.56. The molecule has 0 spiro atoms. The molecule has 1 aliphatic heterocycles. The second-order valence-corrected chi connectivity index (χ2v) is 11.1. The van der Waals surface area contributed by atoms with Gasteiger partial charge < -0.3 is 14.8 Å². The number of carbonyl (C=O) groups is 1. The standard InChI is InChI=1S/C29H35N3O5S/c1-36-25-14-16-26(17-15-25)38(34,35)32(27-12-6-7-13-28(27)37-2)22-29(33)30-20-23-10-4-5-11-24(23)21-31-18-8-3-9-19-31/h4-7,10-17H,3,8-9,18-22H2,1-2H3,(H,30,33). The van der Waals surface area contributed by atoms with E-state index >= 15 is 0 Å². The van der Waals surface area contributed by atoms with Crippen molar-refractivity contribution in [1.29, 1.82) is 0 Å². The Balaban J connectivity index is 1.54. The van der Waals surface area contributed by atoms with Crippen LogP contribution < -0.4 is 19.1 Å². The fourth-order valence-electron chi connectivity index (χ4n) is 4.63. The molecule has 1 heterocycles. The van der Waals surface area contributed by atoms with Gasteiger partial charge >= 0.3 is 0 Å². The summed E-state index contributed by atoms with van der Waals surface area (Å²) in [5, 5.41) is 2.93. The number of ether oxygens (including phenoxy) is 2. The van der Waals surface area contributed by atoms with Crippen molar-refractivity contribution in [2.75, 3.05) is 38.2 Å². The SMILES string of the molecule is COc1ccc(S(=O)(=O)N(CC(=O)NCc2ccccc2CN2CCCCC2)c2ccccc2OC)cc1. The Kier molecular flexibility index (Phi) is 9.25. The molecule has 0 bridgehead atoms. The van der Waals surface area contributed by atoms with Gasteiger partial charge in [0.15, 0.2) is 0 Å². The van der Waals surface area contributed by atoms with Crippen LogP contribution >= 0.6 is 0 Å². The summed E-state index contributed by atoms with van der Waals surface area (Å²) in [7, 11) is -1.10. The first-order valence-corrected chi connectivity index (χ1v) is 14.2. The molecule has 0 aromatic heterocycles. The number of nitrogens with one attached hydrogen (secondary N) is 1. The average molecular weight is 538 g/mol. The number of sulfonamides is 1. The molecule has 3 aromatic carbocycles. The molecule has 0 aliphatic carbocycles. The van der Waals surface area contributed by atoms with E-state index in [1.165, 1.54) is 51.2 Å². The lowest BCUT2D eigenvalue weighted by molar-refractivity contribution is -0.119. The molecule has 0 unspecified atom stereocenters. The summed E-state index contributed by atoms with van der Waals surface area (Å²) in [6.45, 7) is 2.91. The van der Waals surface area contributed by atoms with E-state index in [0.29, 0.717) is 18.0 Å². The van der Waals surface area contributed by atoms with Crippen molar-refractivity contribution in [3.05, 3.63) is 83.9 Å².